The fourth-order valence-corrected chi connectivity index (χ4v) is 2.71. The van der Waals surface area contributed by atoms with Crippen LogP contribution < -0.4 is 10.5 Å². The summed E-state index contributed by atoms with van der Waals surface area (Å²) in [4.78, 5) is 5.97. The molecule has 0 aromatic heterocycles. The summed E-state index contributed by atoms with van der Waals surface area (Å²) in [6.07, 6.45) is 1.63. The molecule has 0 spiro atoms. The predicted octanol–water partition coefficient (Wildman–Crippen LogP) is 4.89. The number of hydrogen-bond acceptors (Lipinski definition) is 3. The molecule has 2 N–H and O–H groups in total. The molecule has 0 saturated heterocycles. The van der Waals surface area contributed by atoms with E-state index in [0.717, 1.165) is 0 Å². The summed E-state index contributed by atoms with van der Waals surface area (Å²) in [6, 6.07) is 6.98. The summed E-state index contributed by atoms with van der Waals surface area (Å²) < 4.78 is 37.7. The first-order valence-electron chi connectivity index (χ1n) is 8.35. The fraction of sp³-hybridized carbons (Fsp3) is 0.250. The topological polar surface area (TPSA) is 60.1 Å². The average molecular weight is 410 g/mol. The van der Waals surface area contributed by atoms with Crippen LogP contribution in [-0.4, -0.2) is 25.1 Å². The van der Waals surface area contributed by atoms with Gasteiger partial charge in [-0.1, -0.05) is 11.6 Å². The van der Waals surface area contributed by atoms with Crippen LogP contribution in [-0.2, 0) is 11.3 Å². The molecule has 0 aliphatic heterocycles. The highest BCUT2D eigenvalue weighted by molar-refractivity contribution is 6.30. The zero-order valence-corrected chi connectivity index (χ0v) is 16.8. The second-order valence-corrected chi connectivity index (χ2v) is 6.53. The van der Waals surface area contributed by atoms with Crippen LogP contribution in [0.1, 0.15) is 18.1 Å². The van der Waals surface area contributed by atoms with Crippen molar-refractivity contribution in [1.29, 1.82) is 0 Å². The number of aliphatic imine (C=N–C) groups is 1. The molecule has 2 aromatic rings. The van der Waals surface area contributed by atoms with Gasteiger partial charge in [-0.2, -0.15) is 0 Å². The molecule has 0 amide bonds. The monoisotopic (exact) mass is 409 g/mol. The molecule has 0 bridgehead atoms. The van der Waals surface area contributed by atoms with Gasteiger partial charge < -0.3 is 20.1 Å². The van der Waals surface area contributed by atoms with Gasteiger partial charge in [0.25, 0.3) is 0 Å². The van der Waals surface area contributed by atoms with E-state index in [4.69, 9.17) is 26.8 Å². The van der Waals surface area contributed by atoms with Crippen molar-refractivity contribution in [2.45, 2.75) is 20.4 Å². The average Bonchev–Trinajstić information content (AvgIpc) is 2.62. The Hall–Kier alpha value is -2.80. The van der Waals surface area contributed by atoms with Crippen LogP contribution in [0.5, 0.6) is 5.75 Å². The van der Waals surface area contributed by atoms with Crippen molar-refractivity contribution in [3.05, 3.63) is 70.1 Å². The number of guanidine groups is 1. The van der Waals surface area contributed by atoms with Crippen molar-refractivity contribution in [2.75, 3.05) is 14.2 Å². The van der Waals surface area contributed by atoms with E-state index in [-0.39, 0.29) is 23.3 Å². The van der Waals surface area contributed by atoms with Gasteiger partial charge >= 0.3 is 0 Å². The van der Waals surface area contributed by atoms with E-state index >= 15 is 0 Å². The molecule has 0 heterocycles. The summed E-state index contributed by atoms with van der Waals surface area (Å²) in [6.45, 7) is 3.65. The first-order valence-corrected chi connectivity index (χ1v) is 8.73. The lowest BCUT2D eigenvalue weighted by Gasteiger charge is -2.21. The number of nitrogens with two attached hydrogens (primary N) is 1. The lowest BCUT2D eigenvalue weighted by atomic mass is 10.2. The van der Waals surface area contributed by atoms with Gasteiger partial charge in [-0.3, -0.25) is 0 Å². The van der Waals surface area contributed by atoms with Crippen molar-refractivity contribution < 1.29 is 18.3 Å². The van der Waals surface area contributed by atoms with Crippen molar-refractivity contribution in [2.24, 2.45) is 10.7 Å². The molecule has 8 heteroatoms. The highest BCUT2D eigenvalue weighted by Gasteiger charge is 2.12. The smallest absolute Gasteiger partial charge is 0.201 e. The lowest BCUT2D eigenvalue weighted by Crippen LogP contribution is -2.33. The van der Waals surface area contributed by atoms with Crippen molar-refractivity contribution in [3.8, 4) is 5.75 Å². The fourth-order valence-electron chi connectivity index (χ4n) is 2.47. The van der Waals surface area contributed by atoms with Gasteiger partial charge in [0.15, 0.2) is 11.6 Å². The van der Waals surface area contributed by atoms with E-state index < -0.39 is 11.6 Å². The Labute approximate surface area is 168 Å². The van der Waals surface area contributed by atoms with Gasteiger partial charge in [0.05, 0.1) is 26.5 Å². The van der Waals surface area contributed by atoms with Crippen LogP contribution in [0.3, 0.4) is 0 Å². The maximum atomic E-state index is 13.8. The lowest BCUT2D eigenvalue weighted by molar-refractivity contribution is 0.284. The Balaban J connectivity index is 2.44. The number of aryl methyl sites for hydroxylation is 1. The minimum atomic E-state index is -0.487. The first-order chi connectivity index (χ1) is 13.2. The highest BCUT2D eigenvalue weighted by atomic mass is 35.5. The number of rotatable bonds is 6. The van der Waals surface area contributed by atoms with Crippen LogP contribution in [0.15, 0.2) is 47.3 Å². The molecule has 0 aliphatic carbocycles. The van der Waals surface area contributed by atoms with Crippen LogP contribution in [0, 0.1) is 18.6 Å². The molecule has 5 nitrogen and oxygen atoms in total. The molecule has 28 heavy (non-hydrogen) atoms. The largest absolute Gasteiger partial charge is 0.500 e. The van der Waals surface area contributed by atoms with Gasteiger partial charge in [-0.25, -0.2) is 13.8 Å². The maximum Gasteiger partial charge on any atom is 0.201 e. The molecule has 2 aromatic carbocycles. The number of ether oxygens (including phenoxy) is 2. The number of allylic oxidation sites excluding steroid dienone is 1. The minimum Gasteiger partial charge on any atom is -0.500 e. The van der Waals surface area contributed by atoms with Gasteiger partial charge in [-0.15, -0.1) is 0 Å². The summed E-state index contributed by atoms with van der Waals surface area (Å²) in [5, 5.41) is 0.275. The molecule has 0 aliphatic rings. The molecule has 150 valence electrons. The van der Waals surface area contributed by atoms with Crippen molar-refractivity contribution in [1.82, 2.24) is 4.90 Å². The maximum absolute atomic E-state index is 13.8. The Morgan fingerprint density at radius 2 is 1.93 bits per heavy atom. The zero-order valence-electron chi connectivity index (χ0n) is 16.1. The highest BCUT2D eigenvalue weighted by Crippen LogP contribution is 2.28. The third-order valence-corrected chi connectivity index (χ3v) is 4.15. The number of halogens is 3. The molecule has 0 saturated carbocycles. The van der Waals surface area contributed by atoms with Gasteiger partial charge in [0, 0.05) is 17.3 Å². The molecule has 0 radical (unpaired) electrons. The Morgan fingerprint density at radius 3 is 2.54 bits per heavy atom. The Bertz CT molecular complexity index is 896. The molecule has 0 atom stereocenters. The number of hydrogen-bond donors (Lipinski definition) is 1. The number of methoxy groups -OCH3 is 2. The predicted molar refractivity (Wildman–Crippen MR) is 107 cm³/mol. The normalized spacial score (nSPS) is 12.1. The van der Waals surface area contributed by atoms with Gasteiger partial charge in [0.2, 0.25) is 5.96 Å². The third kappa shape index (κ3) is 5.60. The van der Waals surface area contributed by atoms with E-state index in [1.165, 1.54) is 38.5 Å². The summed E-state index contributed by atoms with van der Waals surface area (Å²) in [5.41, 5.74) is 7.82. The second kappa shape index (κ2) is 9.41. The minimum absolute atomic E-state index is 0.0595. The molecular formula is C20H22ClF2N3O2. The van der Waals surface area contributed by atoms with E-state index in [2.05, 4.69) is 4.99 Å². The number of nitrogens with zero attached hydrogens (tertiary/aromatic N) is 2. The van der Waals surface area contributed by atoms with Crippen LogP contribution >= 0.6 is 11.6 Å². The molecule has 0 fully saturated rings. The van der Waals surface area contributed by atoms with Gasteiger partial charge in [0.1, 0.15) is 11.6 Å². The summed E-state index contributed by atoms with van der Waals surface area (Å²) in [5.74, 6) is -0.213. The molecular weight excluding hydrogens is 388 g/mol. The molecule has 2 rings (SSSR count). The Morgan fingerprint density at radius 1 is 1.21 bits per heavy atom. The van der Waals surface area contributed by atoms with Gasteiger partial charge in [-0.05, 0) is 49.2 Å². The second-order valence-electron chi connectivity index (χ2n) is 6.09. The van der Waals surface area contributed by atoms with Crippen LogP contribution in [0.25, 0.3) is 0 Å². The SMILES string of the molecule is CO/C(C)=C/N(Cc1cc(F)cc(Cl)c1)C(N)=Nc1cc(OC)c(F)cc1C. The van der Waals surface area contributed by atoms with Crippen molar-refractivity contribution in [3.63, 3.8) is 0 Å². The number of benzene rings is 2. The molecule has 0 unspecified atom stereocenters. The Kier molecular flexibility index (Phi) is 7.23. The summed E-state index contributed by atoms with van der Waals surface area (Å²) in [7, 11) is 2.89. The van der Waals surface area contributed by atoms with Crippen LogP contribution in [0.2, 0.25) is 5.02 Å². The van der Waals surface area contributed by atoms with Crippen molar-refractivity contribution >= 4 is 23.2 Å². The van der Waals surface area contributed by atoms with E-state index in [0.29, 0.717) is 22.6 Å². The van der Waals surface area contributed by atoms with Crippen LogP contribution in [0.4, 0.5) is 14.5 Å². The van der Waals surface area contributed by atoms with E-state index in [1.54, 1.807) is 31.0 Å². The quantitative estimate of drug-likeness (QED) is 0.419. The standard InChI is InChI=1S/C20H22ClF2N3O2/c1-12-5-17(23)19(28-4)9-18(12)25-20(24)26(10-13(2)27-3)11-14-6-15(21)8-16(22)7-14/h5-10H,11H2,1-4H3,(H2,24,25)/b13-10+. The first kappa shape index (κ1) is 21.5. The zero-order chi connectivity index (χ0) is 20.8. The third-order valence-electron chi connectivity index (χ3n) is 3.93. The summed E-state index contributed by atoms with van der Waals surface area (Å²) >= 11 is 5.94. The van der Waals surface area contributed by atoms with E-state index in [9.17, 15) is 8.78 Å². The van der Waals surface area contributed by atoms with E-state index in [1.807, 2.05) is 0 Å².